The van der Waals surface area contributed by atoms with Crippen LogP contribution >= 0.6 is 0 Å². The van der Waals surface area contributed by atoms with E-state index < -0.39 is 0 Å². The van der Waals surface area contributed by atoms with Crippen molar-refractivity contribution in [3.05, 3.63) is 71.3 Å². The molecule has 26 heavy (non-hydrogen) atoms. The maximum absolute atomic E-state index is 6.06. The molecule has 1 heterocycles. The number of nitrogens with two attached hydrogens (primary N) is 2. The summed E-state index contributed by atoms with van der Waals surface area (Å²) in [7, 11) is 0. The number of hydrogen-bond acceptors (Lipinski definition) is 4. The largest absolute Gasteiger partial charge is 0.329 e. The smallest absolute Gasteiger partial charge is 0.106 e. The van der Waals surface area contributed by atoms with Gasteiger partial charge in [-0.3, -0.25) is 0 Å². The van der Waals surface area contributed by atoms with Crippen molar-refractivity contribution < 1.29 is 0 Å². The molecule has 4 heteroatoms. The van der Waals surface area contributed by atoms with Crippen LogP contribution in [0.5, 0.6) is 0 Å². The fourth-order valence-corrected chi connectivity index (χ4v) is 3.02. The zero-order valence-electron chi connectivity index (χ0n) is 16.3. The van der Waals surface area contributed by atoms with Crippen LogP contribution in [0.25, 0.3) is 5.70 Å². The summed E-state index contributed by atoms with van der Waals surface area (Å²) in [5.74, 6) is 0.925. The van der Waals surface area contributed by atoms with Gasteiger partial charge >= 0.3 is 0 Å². The third-order valence-corrected chi connectivity index (χ3v) is 4.37. The third kappa shape index (κ3) is 4.59. The fraction of sp³-hybridized carbons (Fsp3) is 0.318. The predicted octanol–water partition coefficient (Wildman–Crippen LogP) is 4.30. The second kappa shape index (κ2) is 8.79. The molecule has 0 aliphatic carbocycles. The van der Waals surface area contributed by atoms with Gasteiger partial charge in [-0.15, -0.1) is 0 Å². The van der Waals surface area contributed by atoms with E-state index >= 15 is 0 Å². The molecule has 0 radical (unpaired) electrons. The quantitative estimate of drug-likeness (QED) is 0.867. The molecule has 0 amide bonds. The van der Waals surface area contributed by atoms with Gasteiger partial charge in [0.2, 0.25) is 0 Å². The van der Waals surface area contributed by atoms with E-state index in [1.807, 2.05) is 32.0 Å². The SMILES string of the molecule is C=C1c2cc(C)cc(C(C)N)c2N=C(C)N1CCN.Cc1ccccc1. The lowest BCUT2D eigenvalue weighted by Crippen LogP contribution is -2.34. The van der Waals surface area contributed by atoms with Gasteiger partial charge in [0.15, 0.2) is 0 Å². The summed E-state index contributed by atoms with van der Waals surface area (Å²) in [5.41, 5.74) is 18.3. The molecule has 0 saturated carbocycles. The maximum Gasteiger partial charge on any atom is 0.106 e. The molecule has 0 spiro atoms. The molecule has 0 saturated heterocycles. The van der Waals surface area contributed by atoms with E-state index in [0.29, 0.717) is 6.54 Å². The van der Waals surface area contributed by atoms with Crippen LogP contribution < -0.4 is 11.5 Å². The van der Waals surface area contributed by atoms with Gasteiger partial charge in [-0.1, -0.05) is 48.5 Å². The normalized spacial score (nSPS) is 14.2. The van der Waals surface area contributed by atoms with Crippen LogP contribution in [0.4, 0.5) is 5.69 Å². The number of rotatable bonds is 3. The fourth-order valence-electron chi connectivity index (χ4n) is 3.02. The second-order valence-electron chi connectivity index (χ2n) is 6.74. The van der Waals surface area contributed by atoms with Crippen LogP contribution in [0.1, 0.15) is 42.1 Å². The monoisotopic (exact) mass is 350 g/mol. The highest BCUT2D eigenvalue weighted by molar-refractivity contribution is 5.97. The summed E-state index contributed by atoms with van der Waals surface area (Å²) in [6.45, 7) is 13.6. The number of aliphatic imine (C=N–C) groups is 1. The minimum absolute atomic E-state index is 0.0425. The Morgan fingerprint density at radius 2 is 1.73 bits per heavy atom. The molecule has 1 aliphatic rings. The van der Waals surface area contributed by atoms with Gasteiger partial charge in [-0.25, -0.2) is 4.99 Å². The molecule has 1 unspecified atom stereocenters. The van der Waals surface area contributed by atoms with Gasteiger partial charge in [0.05, 0.1) is 5.69 Å². The first-order valence-electron chi connectivity index (χ1n) is 8.99. The van der Waals surface area contributed by atoms with Crippen molar-refractivity contribution in [3.8, 4) is 0 Å². The second-order valence-corrected chi connectivity index (χ2v) is 6.74. The summed E-state index contributed by atoms with van der Waals surface area (Å²) in [4.78, 5) is 6.77. The van der Waals surface area contributed by atoms with E-state index in [9.17, 15) is 0 Å². The third-order valence-electron chi connectivity index (χ3n) is 4.37. The molecule has 2 aromatic rings. The van der Waals surface area contributed by atoms with E-state index in [2.05, 4.69) is 49.6 Å². The first-order valence-corrected chi connectivity index (χ1v) is 8.99. The summed E-state index contributed by atoms with van der Waals surface area (Å²) >= 11 is 0. The Hall–Kier alpha value is -2.43. The Labute approximate surface area is 157 Å². The van der Waals surface area contributed by atoms with Crippen molar-refractivity contribution in [2.24, 2.45) is 16.5 Å². The summed E-state index contributed by atoms with van der Waals surface area (Å²) in [5, 5.41) is 0. The van der Waals surface area contributed by atoms with Crippen molar-refractivity contribution in [2.45, 2.75) is 33.7 Å². The standard InChI is InChI=1S/C15H22N4.C7H8/c1-9-7-13(10(2)17)15-14(8-9)11(3)19(6-5-16)12(4)18-15;1-7-5-3-2-4-6-7/h7-8,10H,3,5-6,16-17H2,1-2,4H3;2-6H,1H3. The summed E-state index contributed by atoms with van der Waals surface area (Å²) in [6.07, 6.45) is 0. The molecule has 2 aromatic carbocycles. The van der Waals surface area contributed by atoms with Crippen molar-refractivity contribution in [1.29, 1.82) is 0 Å². The maximum atomic E-state index is 6.06. The molecular weight excluding hydrogens is 320 g/mol. The molecule has 0 bridgehead atoms. The first-order chi connectivity index (χ1) is 12.3. The van der Waals surface area contributed by atoms with Crippen LogP contribution in [0.2, 0.25) is 0 Å². The Morgan fingerprint density at radius 1 is 1.08 bits per heavy atom. The first kappa shape index (κ1) is 19.9. The topological polar surface area (TPSA) is 67.6 Å². The molecular formula is C22H30N4. The van der Waals surface area contributed by atoms with Crippen molar-refractivity contribution >= 4 is 17.2 Å². The predicted molar refractivity (Wildman–Crippen MR) is 113 cm³/mol. The highest BCUT2D eigenvalue weighted by atomic mass is 15.2. The van der Waals surface area contributed by atoms with Crippen LogP contribution in [0.3, 0.4) is 0 Å². The van der Waals surface area contributed by atoms with E-state index in [0.717, 1.165) is 34.9 Å². The number of hydrogen-bond donors (Lipinski definition) is 2. The minimum atomic E-state index is -0.0425. The summed E-state index contributed by atoms with van der Waals surface area (Å²) < 4.78 is 0. The average Bonchev–Trinajstić information content (AvgIpc) is 2.60. The van der Waals surface area contributed by atoms with E-state index in [-0.39, 0.29) is 6.04 Å². The Kier molecular flexibility index (Phi) is 6.72. The average molecular weight is 351 g/mol. The van der Waals surface area contributed by atoms with Crippen molar-refractivity contribution in [2.75, 3.05) is 13.1 Å². The van der Waals surface area contributed by atoms with Gasteiger partial charge in [0, 0.05) is 30.4 Å². The molecule has 1 aliphatic heterocycles. The number of nitrogens with zero attached hydrogens (tertiary/aromatic N) is 2. The van der Waals surface area contributed by atoms with E-state index in [1.165, 1.54) is 11.1 Å². The van der Waals surface area contributed by atoms with Crippen molar-refractivity contribution in [3.63, 3.8) is 0 Å². The molecule has 1 atom stereocenters. The molecule has 4 nitrogen and oxygen atoms in total. The van der Waals surface area contributed by atoms with Gasteiger partial charge in [-0.05, 0) is 44.9 Å². The van der Waals surface area contributed by atoms with Crippen LogP contribution in [-0.2, 0) is 0 Å². The molecule has 0 aromatic heterocycles. The van der Waals surface area contributed by atoms with Crippen LogP contribution in [0.15, 0.2) is 54.0 Å². The lowest BCUT2D eigenvalue weighted by atomic mass is 9.96. The van der Waals surface area contributed by atoms with Gasteiger partial charge in [0.25, 0.3) is 0 Å². The highest BCUT2D eigenvalue weighted by Gasteiger charge is 2.23. The highest BCUT2D eigenvalue weighted by Crippen LogP contribution is 2.38. The molecule has 4 N–H and O–H groups in total. The van der Waals surface area contributed by atoms with Crippen LogP contribution in [-0.4, -0.2) is 23.8 Å². The Balaban J connectivity index is 0.000000290. The number of benzene rings is 2. The lowest BCUT2D eigenvalue weighted by molar-refractivity contribution is 0.581. The van der Waals surface area contributed by atoms with E-state index in [4.69, 9.17) is 16.5 Å². The lowest BCUT2D eigenvalue weighted by Gasteiger charge is -2.32. The van der Waals surface area contributed by atoms with Crippen molar-refractivity contribution in [1.82, 2.24) is 4.90 Å². The molecule has 0 fully saturated rings. The number of fused-ring (bicyclic) bond motifs is 1. The zero-order chi connectivity index (χ0) is 19.3. The minimum Gasteiger partial charge on any atom is -0.329 e. The summed E-state index contributed by atoms with van der Waals surface area (Å²) in [6, 6.07) is 14.4. The number of amidine groups is 1. The Bertz CT molecular complexity index is 791. The zero-order valence-corrected chi connectivity index (χ0v) is 16.3. The van der Waals surface area contributed by atoms with E-state index in [1.54, 1.807) is 0 Å². The Morgan fingerprint density at radius 3 is 2.23 bits per heavy atom. The number of aryl methyl sites for hydroxylation is 2. The van der Waals surface area contributed by atoms with Gasteiger partial charge in [0.1, 0.15) is 5.84 Å². The molecule has 3 rings (SSSR count). The van der Waals surface area contributed by atoms with Crippen LogP contribution in [0, 0.1) is 13.8 Å². The van der Waals surface area contributed by atoms with Gasteiger partial charge < -0.3 is 16.4 Å². The molecule has 138 valence electrons. The van der Waals surface area contributed by atoms with Gasteiger partial charge in [-0.2, -0.15) is 0 Å².